The minimum absolute atomic E-state index is 0.358. The van der Waals surface area contributed by atoms with E-state index in [4.69, 9.17) is 0 Å². The molecule has 1 atom stereocenters. The van der Waals surface area contributed by atoms with E-state index in [1.807, 2.05) is 0 Å². The Balaban J connectivity index is 3.98. The number of halogens is 1. The van der Waals surface area contributed by atoms with Crippen LogP contribution in [-0.4, -0.2) is 7.00 Å². The first kappa shape index (κ1) is 12.2. The Labute approximate surface area is 87.8 Å². The first-order valence-electron chi connectivity index (χ1n) is 3.98. The second-order valence-corrected chi connectivity index (χ2v) is 5.49. The van der Waals surface area contributed by atoms with Crippen molar-refractivity contribution < 1.29 is 0 Å². The fourth-order valence-corrected chi connectivity index (χ4v) is 2.02. The van der Waals surface area contributed by atoms with Crippen molar-refractivity contribution in [3.8, 4) is 0 Å². The van der Waals surface area contributed by atoms with Gasteiger partial charge in [-0.2, -0.15) is 5.41 Å². The lowest BCUT2D eigenvalue weighted by molar-refractivity contribution is 0.350. The molecule has 0 aromatic carbocycles. The fourth-order valence-electron chi connectivity index (χ4n) is 1.34. The van der Waals surface area contributed by atoms with Gasteiger partial charge < -0.3 is 22.6 Å². The summed E-state index contributed by atoms with van der Waals surface area (Å²) in [6.45, 7) is 11.3. The van der Waals surface area contributed by atoms with E-state index in [-0.39, 0.29) is 0 Å². The molecule has 0 saturated heterocycles. The monoisotopic (exact) mass is 282 g/mol. The smallest absolute Gasteiger partial charge is 0.0474 e. The van der Waals surface area contributed by atoms with Crippen molar-refractivity contribution in [3.05, 3.63) is 3.82 Å². The molecule has 0 saturated carbocycles. The molecule has 0 bridgehead atoms. The van der Waals surface area contributed by atoms with E-state index in [9.17, 15) is 0 Å². The molecule has 0 nitrogen and oxygen atoms in total. The van der Waals surface area contributed by atoms with Crippen molar-refractivity contribution in [2.75, 3.05) is 0 Å². The normalized spacial score (nSPS) is 12.7. The summed E-state index contributed by atoms with van der Waals surface area (Å²) >= 11 is 2.42. The number of hydrogen-bond donors (Lipinski definition) is 0. The Hall–Kier alpha value is 1.22. The molecule has 0 aromatic heterocycles. The number of rotatable bonds is 4. The van der Waals surface area contributed by atoms with Crippen LogP contribution in [-0.2, 0) is 0 Å². The summed E-state index contributed by atoms with van der Waals surface area (Å²) in [6, 6.07) is 0. The number of hydrogen-bond acceptors (Lipinski definition) is 0. The summed E-state index contributed by atoms with van der Waals surface area (Å²) in [6.07, 6.45) is 1.26. The molecule has 0 rings (SSSR count). The minimum atomic E-state index is 0.358. The van der Waals surface area contributed by atoms with Crippen LogP contribution in [0.25, 0.3) is 0 Å². The van der Waals surface area contributed by atoms with Crippen molar-refractivity contribution in [2.45, 2.75) is 34.1 Å². The molecule has 3 heteroatoms. The highest BCUT2D eigenvalue weighted by atomic mass is 127. The molecule has 65 valence electrons. The molecule has 0 aliphatic heterocycles. The maximum atomic E-state index is 2.67. The summed E-state index contributed by atoms with van der Waals surface area (Å²) in [5.74, 6) is 0.778. The largest absolute Gasteiger partial charge is 0.318 e. The van der Waals surface area contributed by atoms with Crippen molar-refractivity contribution >= 4 is 38.7 Å². The molecular weight excluding hydrogens is 265 g/mol. The SMILES string of the molecule is CC(C)CC(C)(C)[C-](I)[B]P. The van der Waals surface area contributed by atoms with Crippen molar-refractivity contribution in [1.82, 2.24) is 0 Å². The predicted octanol–water partition coefficient (Wildman–Crippen LogP) is 3.48. The van der Waals surface area contributed by atoms with E-state index in [0.29, 0.717) is 5.41 Å². The molecule has 0 N–H and O–H groups in total. The third kappa shape index (κ3) is 4.72. The van der Waals surface area contributed by atoms with Gasteiger partial charge in [0.15, 0.2) is 0 Å². The molecular formula is C8H17BIP-. The van der Waals surface area contributed by atoms with Gasteiger partial charge in [-0.05, 0) is 12.9 Å². The van der Waals surface area contributed by atoms with Gasteiger partial charge in [-0.3, -0.25) is 3.82 Å². The fraction of sp³-hybridized carbons (Fsp3) is 0.875. The Morgan fingerprint density at radius 3 is 2.27 bits per heavy atom. The van der Waals surface area contributed by atoms with E-state index in [2.05, 4.69) is 66.4 Å². The third-order valence-corrected chi connectivity index (χ3v) is 4.54. The zero-order valence-corrected chi connectivity index (χ0v) is 11.1. The average Bonchev–Trinajstić information content (AvgIpc) is 1.83. The van der Waals surface area contributed by atoms with Gasteiger partial charge in [-0.25, -0.2) is 9.12 Å². The van der Waals surface area contributed by atoms with Crippen LogP contribution in [0.4, 0.5) is 0 Å². The van der Waals surface area contributed by atoms with Crippen LogP contribution in [0.5, 0.6) is 0 Å². The third-order valence-electron chi connectivity index (χ3n) is 1.71. The topological polar surface area (TPSA) is 0 Å². The zero-order valence-electron chi connectivity index (χ0n) is 7.82. The van der Waals surface area contributed by atoms with E-state index >= 15 is 0 Å². The Morgan fingerprint density at radius 2 is 2.00 bits per heavy atom. The molecule has 0 heterocycles. The molecule has 0 fully saturated rings. The van der Waals surface area contributed by atoms with Gasteiger partial charge in [-0.15, -0.1) is 0 Å². The maximum absolute atomic E-state index is 2.67. The molecule has 0 aromatic rings. The summed E-state index contributed by atoms with van der Waals surface area (Å²) in [5, 5.41) is 0. The first-order valence-corrected chi connectivity index (χ1v) is 5.72. The van der Waals surface area contributed by atoms with E-state index in [0.717, 1.165) is 5.92 Å². The van der Waals surface area contributed by atoms with Crippen LogP contribution >= 0.6 is 31.7 Å². The lowest BCUT2D eigenvalue weighted by Crippen LogP contribution is -2.22. The van der Waals surface area contributed by atoms with Crippen LogP contribution in [0.15, 0.2) is 0 Å². The van der Waals surface area contributed by atoms with Crippen LogP contribution in [0.2, 0.25) is 0 Å². The van der Waals surface area contributed by atoms with Gasteiger partial charge in [0, 0.05) is 0 Å². The molecule has 0 spiro atoms. The van der Waals surface area contributed by atoms with Crippen molar-refractivity contribution in [1.29, 1.82) is 0 Å². The van der Waals surface area contributed by atoms with Gasteiger partial charge in [0.2, 0.25) is 0 Å². The van der Waals surface area contributed by atoms with Crippen molar-refractivity contribution in [3.63, 3.8) is 0 Å². The highest BCUT2D eigenvalue weighted by molar-refractivity contribution is 14.1. The molecule has 0 aliphatic carbocycles. The Morgan fingerprint density at radius 1 is 1.55 bits per heavy atom. The van der Waals surface area contributed by atoms with Crippen LogP contribution < -0.4 is 0 Å². The maximum Gasteiger partial charge on any atom is -0.0474 e. The van der Waals surface area contributed by atoms with Crippen LogP contribution in [0.1, 0.15) is 34.1 Å². The molecule has 1 radical (unpaired) electrons. The highest BCUT2D eigenvalue weighted by Gasteiger charge is 2.14. The predicted molar refractivity (Wildman–Crippen MR) is 66.0 cm³/mol. The van der Waals surface area contributed by atoms with Crippen LogP contribution in [0.3, 0.4) is 0 Å². The van der Waals surface area contributed by atoms with Crippen molar-refractivity contribution in [2.24, 2.45) is 11.3 Å². The van der Waals surface area contributed by atoms with E-state index in [1.165, 1.54) is 10.2 Å². The minimum Gasteiger partial charge on any atom is -0.318 e. The molecule has 1 unspecified atom stereocenters. The Kier molecular flexibility index (Phi) is 5.63. The molecule has 0 aliphatic rings. The first-order chi connectivity index (χ1) is 4.90. The van der Waals surface area contributed by atoms with Gasteiger partial charge >= 0.3 is 0 Å². The van der Waals surface area contributed by atoms with E-state index in [1.54, 1.807) is 0 Å². The van der Waals surface area contributed by atoms with Gasteiger partial charge in [0.25, 0.3) is 0 Å². The quantitative estimate of drug-likeness (QED) is 0.320. The second kappa shape index (κ2) is 5.06. The lowest BCUT2D eigenvalue weighted by atomic mass is 9.73. The zero-order chi connectivity index (χ0) is 9.07. The van der Waals surface area contributed by atoms with Crippen LogP contribution in [0, 0.1) is 15.2 Å². The summed E-state index contributed by atoms with van der Waals surface area (Å²) in [5.41, 5.74) is 0.358. The molecule has 0 amide bonds. The molecule has 11 heavy (non-hydrogen) atoms. The standard InChI is InChI=1S/C8H17BIP/c1-6(2)5-8(3,4)7(10)9-11/h6H,5,11H2,1-4H3/q-1. The van der Waals surface area contributed by atoms with E-state index < -0.39 is 0 Å². The Bertz CT molecular complexity index is 115. The second-order valence-electron chi connectivity index (χ2n) is 4.00. The average molecular weight is 282 g/mol. The highest BCUT2D eigenvalue weighted by Crippen LogP contribution is 2.39. The summed E-state index contributed by atoms with van der Waals surface area (Å²) < 4.78 is 1.44. The van der Waals surface area contributed by atoms with Gasteiger partial charge in [0.1, 0.15) is 0 Å². The lowest BCUT2D eigenvalue weighted by Gasteiger charge is -2.44. The summed E-state index contributed by atoms with van der Waals surface area (Å²) in [7, 11) is 2.67. The summed E-state index contributed by atoms with van der Waals surface area (Å²) in [4.78, 5) is 0. The van der Waals surface area contributed by atoms with Gasteiger partial charge in [0.05, 0.1) is 0 Å². The van der Waals surface area contributed by atoms with Gasteiger partial charge in [-0.1, -0.05) is 34.1 Å².